The first kappa shape index (κ1) is 23.2. The number of aliphatic hydroxyl groups excluding tert-OH is 1. The Bertz CT molecular complexity index is 1350. The summed E-state index contributed by atoms with van der Waals surface area (Å²) < 4.78 is 15.2. The monoisotopic (exact) mass is 472 g/mol. The molecule has 0 spiro atoms. The maximum Gasteiger partial charge on any atom is 0.234 e. The van der Waals surface area contributed by atoms with Gasteiger partial charge in [-0.05, 0) is 67.9 Å². The van der Waals surface area contributed by atoms with Gasteiger partial charge in [-0.2, -0.15) is 5.10 Å². The van der Waals surface area contributed by atoms with Crippen molar-refractivity contribution in [3.05, 3.63) is 84.2 Å². The molecule has 1 amide bonds. The van der Waals surface area contributed by atoms with Crippen molar-refractivity contribution >= 4 is 22.5 Å². The second-order valence-electron chi connectivity index (χ2n) is 9.44. The third kappa shape index (κ3) is 4.45. The summed E-state index contributed by atoms with van der Waals surface area (Å²) >= 11 is 0. The molecular weight excluding hydrogens is 443 g/mol. The lowest BCUT2D eigenvalue weighted by Gasteiger charge is -2.31. The van der Waals surface area contributed by atoms with Crippen LogP contribution in [0, 0.1) is 11.2 Å². The second-order valence-corrected chi connectivity index (χ2v) is 9.44. The fraction of sp³-hybridized carbons (Fsp3) is 0.286. The predicted octanol–water partition coefficient (Wildman–Crippen LogP) is 4.59. The van der Waals surface area contributed by atoms with Gasteiger partial charge >= 0.3 is 0 Å². The first-order chi connectivity index (χ1) is 16.9. The van der Waals surface area contributed by atoms with Gasteiger partial charge in [0.1, 0.15) is 11.5 Å². The normalized spacial score (nSPS) is 19.2. The predicted molar refractivity (Wildman–Crippen MR) is 135 cm³/mol. The van der Waals surface area contributed by atoms with Crippen LogP contribution in [0.25, 0.3) is 22.2 Å². The van der Waals surface area contributed by atoms with E-state index in [1.807, 2.05) is 43.4 Å². The van der Waals surface area contributed by atoms with Crippen molar-refractivity contribution in [2.24, 2.45) is 12.5 Å². The van der Waals surface area contributed by atoms with E-state index in [1.54, 1.807) is 23.7 Å². The van der Waals surface area contributed by atoms with E-state index in [9.17, 15) is 14.3 Å². The van der Waals surface area contributed by atoms with Crippen molar-refractivity contribution in [1.29, 1.82) is 0 Å². The zero-order valence-corrected chi connectivity index (χ0v) is 19.9. The number of hydrogen-bond acceptors (Lipinski definition) is 4. The fourth-order valence-electron chi connectivity index (χ4n) is 5.03. The van der Waals surface area contributed by atoms with Crippen LogP contribution in [0.1, 0.15) is 18.9 Å². The smallest absolute Gasteiger partial charge is 0.234 e. The Hall–Kier alpha value is -3.55. The molecule has 1 aromatic heterocycles. The minimum atomic E-state index is -0.890. The maximum atomic E-state index is 13.5. The average Bonchev–Trinajstić information content (AvgIpc) is 3.42. The highest BCUT2D eigenvalue weighted by Crippen LogP contribution is 2.37. The molecule has 0 bridgehead atoms. The molecule has 6 nitrogen and oxygen atoms in total. The van der Waals surface area contributed by atoms with Gasteiger partial charge in [-0.25, -0.2) is 4.39 Å². The lowest BCUT2D eigenvalue weighted by Crippen LogP contribution is -2.46. The molecule has 180 valence electrons. The Morgan fingerprint density at radius 2 is 1.89 bits per heavy atom. The van der Waals surface area contributed by atoms with Crippen molar-refractivity contribution in [2.75, 3.05) is 18.4 Å². The van der Waals surface area contributed by atoms with E-state index in [1.165, 1.54) is 17.7 Å². The van der Waals surface area contributed by atoms with E-state index in [4.69, 9.17) is 0 Å². The van der Waals surface area contributed by atoms with Crippen LogP contribution in [0.2, 0.25) is 0 Å². The summed E-state index contributed by atoms with van der Waals surface area (Å²) in [5, 5.41) is 19.2. The van der Waals surface area contributed by atoms with Gasteiger partial charge in [0.2, 0.25) is 5.91 Å². The number of aliphatic hydroxyl groups is 1. The van der Waals surface area contributed by atoms with Crippen molar-refractivity contribution in [3.63, 3.8) is 0 Å². The quantitative estimate of drug-likeness (QED) is 0.431. The summed E-state index contributed by atoms with van der Waals surface area (Å²) in [4.78, 5) is 15.8. The summed E-state index contributed by atoms with van der Waals surface area (Å²) in [5.74, 6) is -0.488. The minimum absolute atomic E-state index is 0.186. The highest BCUT2D eigenvalue weighted by Gasteiger charge is 2.48. The zero-order chi connectivity index (χ0) is 24.6. The standard InChI is InChI=1S/C28H29FN4O2/c1-19(34)28(14-15-33(18-28)17-20-6-4-3-5-7-20)27(35)30-23-12-13-25-24(16-23)26(31-32(25)2)21-8-10-22(29)11-9-21/h3-13,16,19,34H,14-15,17-18H2,1-2H3,(H,30,35). The molecule has 1 aliphatic heterocycles. The number of anilines is 1. The SMILES string of the molecule is CC(O)C1(C(=O)Nc2ccc3c(c2)c(-c2ccc(F)cc2)nn3C)CCN(Cc2ccccc2)C1. The molecule has 35 heavy (non-hydrogen) atoms. The summed E-state index contributed by atoms with van der Waals surface area (Å²) in [6.45, 7) is 3.67. The van der Waals surface area contributed by atoms with Gasteiger partial charge in [0.15, 0.2) is 0 Å². The van der Waals surface area contributed by atoms with E-state index in [-0.39, 0.29) is 11.7 Å². The largest absolute Gasteiger partial charge is 0.392 e. The number of nitrogens with one attached hydrogen (secondary N) is 1. The molecule has 5 rings (SSSR count). The number of halogens is 1. The molecule has 2 atom stereocenters. The van der Waals surface area contributed by atoms with Crippen molar-refractivity contribution in [3.8, 4) is 11.3 Å². The van der Waals surface area contributed by atoms with Gasteiger partial charge in [-0.15, -0.1) is 0 Å². The Morgan fingerprint density at radius 3 is 2.60 bits per heavy atom. The van der Waals surface area contributed by atoms with Crippen LogP contribution < -0.4 is 5.32 Å². The first-order valence-electron chi connectivity index (χ1n) is 11.8. The number of carbonyl (C=O) groups excluding carboxylic acids is 1. The van der Waals surface area contributed by atoms with Crippen LogP contribution >= 0.6 is 0 Å². The molecular formula is C28H29FN4O2. The third-order valence-electron chi connectivity index (χ3n) is 7.11. The van der Waals surface area contributed by atoms with Crippen LogP contribution in [0.5, 0.6) is 0 Å². The van der Waals surface area contributed by atoms with E-state index >= 15 is 0 Å². The fourth-order valence-corrected chi connectivity index (χ4v) is 5.03. The van der Waals surface area contributed by atoms with E-state index < -0.39 is 11.5 Å². The third-order valence-corrected chi connectivity index (χ3v) is 7.11. The van der Waals surface area contributed by atoms with Crippen molar-refractivity contribution in [1.82, 2.24) is 14.7 Å². The molecule has 2 N–H and O–H groups in total. The van der Waals surface area contributed by atoms with Crippen LogP contribution in [0.3, 0.4) is 0 Å². The molecule has 4 aromatic rings. The number of likely N-dealkylation sites (tertiary alicyclic amines) is 1. The number of hydrogen-bond donors (Lipinski definition) is 2. The molecule has 2 heterocycles. The average molecular weight is 473 g/mol. The Kier molecular flexibility index (Phi) is 6.13. The van der Waals surface area contributed by atoms with Crippen LogP contribution in [0.4, 0.5) is 10.1 Å². The number of nitrogens with zero attached hydrogens (tertiary/aromatic N) is 3. The number of benzene rings is 3. The lowest BCUT2D eigenvalue weighted by atomic mass is 9.80. The zero-order valence-electron chi connectivity index (χ0n) is 19.9. The number of rotatable bonds is 6. The molecule has 1 aliphatic rings. The maximum absolute atomic E-state index is 13.5. The Morgan fingerprint density at radius 1 is 1.14 bits per heavy atom. The van der Waals surface area contributed by atoms with Gasteiger partial charge < -0.3 is 10.4 Å². The number of carbonyl (C=O) groups is 1. The highest BCUT2D eigenvalue weighted by molar-refractivity contribution is 6.00. The van der Waals surface area contributed by atoms with Gasteiger partial charge in [0.25, 0.3) is 0 Å². The molecule has 0 aliphatic carbocycles. The Labute approximate surface area is 204 Å². The van der Waals surface area contributed by atoms with Crippen LogP contribution in [0.15, 0.2) is 72.8 Å². The van der Waals surface area contributed by atoms with Gasteiger partial charge in [-0.3, -0.25) is 14.4 Å². The molecule has 1 fully saturated rings. The topological polar surface area (TPSA) is 70.4 Å². The number of fused-ring (bicyclic) bond motifs is 1. The molecule has 1 saturated heterocycles. The summed E-state index contributed by atoms with van der Waals surface area (Å²) in [6.07, 6.45) is -0.209. The molecule has 0 radical (unpaired) electrons. The van der Waals surface area contributed by atoms with E-state index in [2.05, 4.69) is 27.4 Å². The number of aryl methyl sites for hydroxylation is 1. The Balaban J connectivity index is 1.40. The van der Waals surface area contributed by atoms with E-state index in [0.717, 1.165) is 35.2 Å². The lowest BCUT2D eigenvalue weighted by molar-refractivity contribution is -0.130. The minimum Gasteiger partial charge on any atom is -0.392 e. The molecule has 0 saturated carbocycles. The second kappa shape index (κ2) is 9.24. The summed E-state index contributed by atoms with van der Waals surface area (Å²) in [7, 11) is 1.86. The van der Waals surface area contributed by atoms with Gasteiger partial charge in [0.05, 0.1) is 17.0 Å². The summed E-state index contributed by atoms with van der Waals surface area (Å²) in [5.41, 5.74) is 3.36. The number of aromatic nitrogens is 2. The molecule has 3 aromatic carbocycles. The molecule has 7 heteroatoms. The molecule has 2 unspecified atom stereocenters. The van der Waals surface area contributed by atoms with Gasteiger partial charge in [-0.1, -0.05) is 30.3 Å². The van der Waals surface area contributed by atoms with Gasteiger partial charge in [0, 0.05) is 36.8 Å². The van der Waals surface area contributed by atoms with Crippen molar-refractivity contribution in [2.45, 2.75) is 26.0 Å². The van der Waals surface area contributed by atoms with Crippen molar-refractivity contribution < 1.29 is 14.3 Å². The van der Waals surface area contributed by atoms with Crippen LogP contribution in [-0.2, 0) is 18.4 Å². The van der Waals surface area contributed by atoms with E-state index in [0.29, 0.717) is 18.7 Å². The summed E-state index contributed by atoms with van der Waals surface area (Å²) in [6, 6.07) is 22.0. The highest BCUT2D eigenvalue weighted by atomic mass is 19.1. The number of amides is 1. The van der Waals surface area contributed by atoms with Crippen LogP contribution in [-0.4, -0.2) is 44.9 Å². The first-order valence-corrected chi connectivity index (χ1v) is 11.8.